The van der Waals surface area contributed by atoms with Crippen molar-refractivity contribution < 1.29 is 9.53 Å². The van der Waals surface area contributed by atoms with Crippen molar-refractivity contribution in [3.05, 3.63) is 89.2 Å². The van der Waals surface area contributed by atoms with Crippen molar-refractivity contribution in [2.75, 3.05) is 5.32 Å². The number of nitrogens with one attached hydrogen (secondary N) is 1. The van der Waals surface area contributed by atoms with E-state index in [0.717, 1.165) is 16.8 Å². The lowest BCUT2D eigenvalue weighted by molar-refractivity contribution is 0.102. The number of ether oxygens (including phenoxy) is 1. The van der Waals surface area contributed by atoms with Crippen molar-refractivity contribution in [1.29, 1.82) is 0 Å². The minimum Gasteiger partial charge on any atom is -0.438 e. The molecule has 2 heterocycles. The molecule has 0 aliphatic rings. The van der Waals surface area contributed by atoms with E-state index in [1.807, 2.05) is 51.2 Å². The van der Waals surface area contributed by atoms with Gasteiger partial charge in [0.05, 0.1) is 5.69 Å². The standard InChI is InChI=1S/C23H21N5O2/c1-15-4-5-16(2)20(14-15)23(29)24-18-6-8-19(9-7-18)30-22-11-10-21(25-26-22)28-13-12-17(3)27-28/h4-14H,1-3H3,(H,24,29). The Morgan fingerprint density at radius 2 is 1.73 bits per heavy atom. The molecule has 0 unspecified atom stereocenters. The summed E-state index contributed by atoms with van der Waals surface area (Å²) in [7, 11) is 0. The number of carbonyl (C=O) groups is 1. The molecule has 0 radical (unpaired) electrons. The molecule has 4 rings (SSSR count). The van der Waals surface area contributed by atoms with Crippen molar-refractivity contribution >= 4 is 11.6 Å². The maximum absolute atomic E-state index is 12.5. The van der Waals surface area contributed by atoms with Crippen molar-refractivity contribution in [2.45, 2.75) is 20.8 Å². The Morgan fingerprint density at radius 1 is 0.933 bits per heavy atom. The number of amides is 1. The molecule has 30 heavy (non-hydrogen) atoms. The molecule has 0 aliphatic heterocycles. The number of nitrogens with zero attached hydrogens (tertiary/aromatic N) is 4. The molecule has 2 aromatic carbocycles. The smallest absolute Gasteiger partial charge is 0.255 e. The van der Waals surface area contributed by atoms with E-state index in [0.29, 0.717) is 28.7 Å². The fourth-order valence-corrected chi connectivity index (χ4v) is 2.94. The number of hydrogen-bond donors (Lipinski definition) is 1. The predicted octanol–water partition coefficient (Wildman–Crippen LogP) is 4.63. The van der Waals surface area contributed by atoms with Crippen molar-refractivity contribution in [3.8, 4) is 17.4 Å². The van der Waals surface area contributed by atoms with Crippen LogP contribution in [0.5, 0.6) is 11.6 Å². The number of benzene rings is 2. The molecule has 0 spiro atoms. The highest BCUT2D eigenvalue weighted by Crippen LogP contribution is 2.22. The molecule has 7 heteroatoms. The van der Waals surface area contributed by atoms with E-state index in [4.69, 9.17) is 4.74 Å². The molecule has 150 valence electrons. The van der Waals surface area contributed by atoms with Crippen LogP contribution in [0.25, 0.3) is 5.82 Å². The topological polar surface area (TPSA) is 81.9 Å². The first kappa shape index (κ1) is 19.3. The Morgan fingerprint density at radius 3 is 2.40 bits per heavy atom. The van der Waals surface area contributed by atoms with E-state index >= 15 is 0 Å². The molecule has 2 aromatic heterocycles. The summed E-state index contributed by atoms with van der Waals surface area (Å²) < 4.78 is 7.39. The summed E-state index contributed by atoms with van der Waals surface area (Å²) in [6, 6.07) is 18.3. The van der Waals surface area contributed by atoms with Gasteiger partial charge in [0.15, 0.2) is 5.82 Å². The van der Waals surface area contributed by atoms with Gasteiger partial charge < -0.3 is 10.1 Å². The van der Waals surface area contributed by atoms with Gasteiger partial charge >= 0.3 is 0 Å². The largest absolute Gasteiger partial charge is 0.438 e. The molecular formula is C23H21N5O2. The first-order chi connectivity index (χ1) is 14.5. The normalized spacial score (nSPS) is 10.6. The van der Waals surface area contributed by atoms with Crippen LogP contribution in [0.2, 0.25) is 0 Å². The SMILES string of the molecule is Cc1ccc(C)c(C(=O)Nc2ccc(Oc3ccc(-n4ccc(C)n4)nn3)cc2)c1. The van der Waals surface area contributed by atoms with Crippen LogP contribution in [0.15, 0.2) is 66.9 Å². The third kappa shape index (κ3) is 4.35. The first-order valence-electron chi connectivity index (χ1n) is 9.51. The zero-order valence-corrected chi connectivity index (χ0v) is 17.0. The first-order valence-corrected chi connectivity index (χ1v) is 9.51. The van der Waals surface area contributed by atoms with E-state index in [1.165, 1.54) is 0 Å². The third-order valence-electron chi connectivity index (χ3n) is 4.56. The van der Waals surface area contributed by atoms with Crippen LogP contribution >= 0.6 is 0 Å². The number of rotatable bonds is 5. The molecule has 0 saturated carbocycles. The van der Waals surface area contributed by atoms with Gasteiger partial charge in [0, 0.05) is 23.5 Å². The van der Waals surface area contributed by atoms with Gasteiger partial charge in [0.2, 0.25) is 5.88 Å². The maximum Gasteiger partial charge on any atom is 0.255 e. The highest BCUT2D eigenvalue weighted by atomic mass is 16.5. The van der Waals surface area contributed by atoms with Crippen LogP contribution < -0.4 is 10.1 Å². The molecule has 4 aromatic rings. The lowest BCUT2D eigenvalue weighted by atomic mass is 10.1. The Balaban J connectivity index is 1.41. The number of aromatic nitrogens is 4. The zero-order valence-electron chi connectivity index (χ0n) is 17.0. The van der Waals surface area contributed by atoms with Gasteiger partial charge in [-0.3, -0.25) is 4.79 Å². The molecule has 0 bridgehead atoms. The van der Waals surface area contributed by atoms with Crippen LogP contribution in [0.1, 0.15) is 27.2 Å². The van der Waals surface area contributed by atoms with E-state index in [-0.39, 0.29) is 5.91 Å². The molecule has 0 atom stereocenters. The van der Waals surface area contributed by atoms with Gasteiger partial charge in [0.1, 0.15) is 5.75 Å². The fourth-order valence-electron chi connectivity index (χ4n) is 2.94. The number of anilines is 1. The Labute approximate surface area is 174 Å². The van der Waals surface area contributed by atoms with Crippen LogP contribution in [0.3, 0.4) is 0 Å². The Kier molecular flexibility index (Phi) is 5.26. The van der Waals surface area contributed by atoms with E-state index in [1.54, 1.807) is 41.1 Å². The molecular weight excluding hydrogens is 378 g/mol. The molecule has 0 fully saturated rings. The quantitative estimate of drug-likeness (QED) is 0.529. The van der Waals surface area contributed by atoms with Gasteiger partial charge in [0.25, 0.3) is 5.91 Å². The summed E-state index contributed by atoms with van der Waals surface area (Å²) in [5.74, 6) is 1.44. The van der Waals surface area contributed by atoms with E-state index in [9.17, 15) is 4.79 Å². The van der Waals surface area contributed by atoms with Crippen molar-refractivity contribution in [2.24, 2.45) is 0 Å². The van der Waals surface area contributed by atoms with Gasteiger partial charge in [-0.25, -0.2) is 4.68 Å². The third-order valence-corrected chi connectivity index (χ3v) is 4.56. The summed E-state index contributed by atoms with van der Waals surface area (Å²) in [6.07, 6.45) is 1.82. The number of hydrogen-bond acceptors (Lipinski definition) is 5. The van der Waals surface area contributed by atoms with E-state index in [2.05, 4.69) is 20.6 Å². The monoisotopic (exact) mass is 399 g/mol. The summed E-state index contributed by atoms with van der Waals surface area (Å²) in [5.41, 5.74) is 4.23. The maximum atomic E-state index is 12.5. The predicted molar refractivity (Wildman–Crippen MR) is 114 cm³/mol. The fraction of sp³-hybridized carbons (Fsp3) is 0.130. The molecule has 1 amide bonds. The minimum absolute atomic E-state index is 0.139. The number of carbonyl (C=O) groups excluding carboxylic acids is 1. The summed E-state index contributed by atoms with van der Waals surface area (Å²) >= 11 is 0. The second kappa shape index (κ2) is 8.16. The van der Waals surface area contributed by atoms with Gasteiger partial charge in [-0.2, -0.15) is 5.10 Å². The molecule has 0 saturated heterocycles. The van der Waals surface area contributed by atoms with Gasteiger partial charge in [-0.15, -0.1) is 10.2 Å². The second-order valence-electron chi connectivity index (χ2n) is 7.03. The average molecular weight is 399 g/mol. The average Bonchev–Trinajstić information content (AvgIpc) is 3.18. The van der Waals surface area contributed by atoms with Gasteiger partial charge in [-0.1, -0.05) is 17.7 Å². The van der Waals surface area contributed by atoms with Crippen LogP contribution in [-0.4, -0.2) is 25.9 Å². The minimum atomic E-state index is -0.139. The number of aryl methyl sites for hydroxylation is 3. The summed E-state index contributed by atoms with van der Waals surface area (Å²) in [4.78, 5) is 12.5. The lowest BCUT2D eigenvalue weighted by Crippen LogP contribution is -2.13. The molecule has 7 nitrogen and oxygen atoms in total. The molecule has 1 N–H and O–H groups in total. The second-order valence-corrected chi connectivity index (χ2v) is 7.03. The zero-order chi connectivity index (χ0) is 21.1. The lowest BCUT2D eigenvalue weighted by Gasteiger charge is -2.10. The summed E-state index contributed by atoms with van der Waals surface area (Å²) in [6.45, 7) is 5.80. The highest BCUT2D eigenvalue weighted by molar-refractivity contribution is 6.05. The van der Waals surface area contributed by atoms with Crippen LogP contribution in [0, 0.1) is 20.8 Å². The van der Waals surface area contributed by atoms with Crippen molar-refractivity contribution in [1.82, 2.24) is 20.0 Å². The van der Waals surface area contributed by atoms with Crippen LogP contribution in [0.4, 0.5) is 5.69 Å². The Bertz CT molecular complexity index is 1180. The van der Waals surface area contributed by atoms with Gasteiger partial charge in [-0.05, 0) is 68.8 Å². The summed E-state index contributed by atoms with van der Waals surface area (Å²) in [5, 5.41) is 15.4. The van der Waals surface area contributed by atoms with E-state index < -0.39 is 0 Å². The highest BCUT2D eigenvalue weighted by Gasteiger charge is 2.10. The molecule has 0 aliphatic carbocycles. The van der Waals surface area contributed by atoms with Crippen LogP contribution in [-0.2, 0) is 0 Å². The van der Waals surface area contributed by atoms with Crippen molar-refractivity contribution in [3.63, 3.8) is 0 Å². The Hall–Kier alpha value is -4.00.